The van der Waals surface area contributed by atoms with Gasteiger partial charge in [0, 0.05) is 12.1 Å². The maximum atomic E-state index is 15.4. The molecule has 0 fully saturated rings. The van der Waals surface area contributed by atoms with Gasteiger partial charge < -0.3 is 20.5 Å². The molecule has 0 aliphatic carbocycles. The Morgan fingerprint density at radius 2 is 1.48 bits per heavy atom. The van der Waals surface area contributed by atoms with Crippen molar-refractivity contribution >= 4 is 5.91 Å². The second-order valence-corrected chi connectivity index (χ2v) is 8.65. The molecule has 0 saturated heterocycles. The first-order valence-corrected chi connectivity index (χ1v) is 11.1. The number of amides is 1. The quantitative estimate of drug-likeness (QED) is 0.392. The zero-order valence-corrected chi connectivity index (χ0v) is 19.1. The smallest absolute Gasteiger partial charge is 0.254 e. The van der Waals surface area contributed by atoms with Crippen LogP contribution in [0, 0.1) is 5.82 Å². The summed E-state index contributed by atoms with van der Waals surface area (Å²) in [5.74, 6) is -1.08. The van der Waals surface area contributed by atoms with Gasteiger partial charge in [-0.3, -0.25) is 4.79 Å². The number of nitrogens with two attached hydrogens (primary N) is 1. The van der Waals surface area contributed by atoms with Crippen LogP contribution in [0.15, 0.2) is 72.8 Å². The molecule has 3 rings (SSSR count). The van der Waals surface area contributed by atoms with Crippen molar-refractivity contribution < 1.29 is 18.7 Å². The van der Waals surface area contributed by atoms with Crippen molar-refractivity contribution in [3.05, 3.63) is 95.3 Å². The summed E-state index contributed by atoms with van der Waals surface area (Å²) in [4.78, 5) is 12.6. The Kier molecular flexibility index (Phi) is 8.44. The Morgan fingerprint density at radius 3 is 2.06 bits per heavy atom. The van der Waals surface area contributed by atoms with Crippen LogP contribution >= 0.6 is 0 Å². The van der Waals surface area contributed by atoms with Crippen molar-refractivity contribution in [2.24, 2.45) is 5.73 Å². The molecule has 6 heteroatoms. The zero-order chi connectivity index (χ0) is 23.7. The molecule has 1 amide bonds. The summed E-state index contributed by atoms with van der Waals surface area (Å²) in [7, 11) is 0. The van der Waals surface area contributed by atoms with E-state index in [-0.39, 0.29) is 35.8 Å². The van der Waals surface area contributed by atoms with E-state index < -0.39 is 11.7 Å². The normalized spacial score (nSPS) is 11.2. The first-order valence-electron chi connectivity index (χ1n) is 11.1. The van der Waals surface area contributed by atoms with E-state index in [0.717, 1.165) is 17.5 Å². The first kappa shape index (κ1) is 24.3. The van der Waals surface area contributed by atoms with Crippen LogP contribution in [0.25, 0.3) is 0 Å². The highest BCUT2D eigenvalue weighted by atomic mass is 19.1. The van der Waals surface area contributed by atoms with Crippen molar-refractivity contribution in [3.63, 3.8) is 0 Å². The summed E-state index contributed by atoms with van der Waals surface area (Å²) in [6.45, 7) is 4.67. The van der Waals surface area contributed by atoms with E-state index in [1.165, 1.54) is 6.07 Å². The lowest BCUT2D eigenvalue weighted by molar-refractivity contribution is 0.0946. The molecule has 33 heavy (non-hydrogen) atoms. The van der Waals surface area contributed by atoms with E-state index in [0.29, 0.717) is 13.0 Å². The predicted molar refractivity (Wildman–Crippen MR) is 128 cm³/mol. The monoisotopic (exact) mass is 450 g/mol. The zero-order valence-electron chi connectivity index (χ0n) is 19.1. The fraction of sp³-hybridized carbons (Fsp3) is 0.296. The minimum Gasteiger partial charge on any atom is -0.485 e. The van der Waals surface area contributed by atoms with Gasteiger partial charge in [-0.2, -0.15) is 0 Å². The SMILES string of the molecule is CC(C)(N)CCCNC(=O)c1ccc(OCc2ccccc2)c(OCc2ccccc2)c1F. The first-order chi connectivity index (χ1) is 15.8. The van der Waals surface area contributed by atoms with Gasteiger partial charge in [0.1, 0.15) is 13.2 Å². The van der Waals surface area contributed by atoms with Gasteiger partial charge in [0.15, 0.2) is 17.3 Å². The molecular formula is C27H31FN2O3. The minimum atomic E-state index is -0.742. The molecule has 0 aliphatic heterocycles. The lowest BCUT2D eigenvalue weighted by Gasteiger charge is -2.18. The summed E-state index contributed by atoms with van der Waals surface area (Å²) >= 11 is 0. The van der Waals surface area contributed by atoms with E-state index in [4.69, 9.17) is 15.2 Å². The summed E-state index contributed by atoms with van der Waals surface area (Å²) in [6, 6.07) is 22.0. The van der Waals surface area contributed by atoms with Crippen LogP contribution in [0.1, 0.15) is 48.2 Å². The molecular weight excluding hydrogens is 419 g/mol. The molecule has 0 heterocycles. The van der Waals surface area contributed by atoms with Crippen LogP contribution in [0.4, 0.5) is 4.39 Å². The highest BCUT2D eigenvalue weighted by Crippen LogP contribution is 2.34. The second kappa shape index (κ2) is 11.5. The maximum Gasteiger partial charge on any atom is 0.254 e. The van der Waals surface area contributed by atoms with Gasteiger partial charge in [-0.1, -0.05) is 60.7 Å². The van der Waals surface area contributed by atoms with Gasteiger partial charge in [-0.05, 0) is 49.9 Å². The number of carbonyl (C=O) groups excluding carboxylic acids is 1. The van der Waals surface area contributed by atoms with Crippen molar-refractivity contribution in [2.75, 3.05) is 6.54 Å². The Labute approximate surface area is 194 Å². The lowest BCUT2D eigenvalue weighted by atomic mass is 10.0. The summed E-state index contributed by atoms with van der Waals surface area (Å²) in [5, 5.41) is 2.76. The second-order valence-electron chi connectivity index (χ2n) is 8.65. The van der Waals surface area contributed by atoms with E-state index in [1.807, 2.05) is 74.5 Å². The predicted octanol–water partition coefficient (Wildman–Crippen LogP) is 5.23. The van der Waals surface area contributed by atoms with E-state index in [2.05, 4.69) is 5.32 Å². The number of rotatable bonds is 11. The van der Waals surface area contributed by atoms with Gasteiger partial charge >= 0.3 is 0 Å². The number of halogens is 1. The maximum absolute atomic E-state index is 15.4. The largest absolute Gasteiger partial charge is 0.485 e. The number of carbonyl (C=O) groups is 1. The Bertz CT molecular complexity index is 1030. The molecule has 174 valence electrons. The molecule has 3 aromatic carbocycles. The molecule has 0 atom stereocenters. The van der Waals surface area contributed by atoms with Crippen molar-refractivity contribution in [3.8, 4) is 11.5 Å². The Balaban J connectivity index is 1.76. The molecule has 0 aromatic heterocycles. The van der Waals surface area contributed by atoms with Crippen LogP contribution in [-0.2, 0) is 13.2 Å². The average molecular weight is 451 g/mol. The van der Waals surface area contributed by atoms with Crippen LogP contribution in [-0.4, -0.2) is 18.0 Å². The molecule has 0 radical (unpaired) electrons. The molecule has 0 spiro atoms. The van der Waals surface area contributed by atoms with Crippen molar-refractivity contribution in [1.82, 2.24) is 5.32 Å². The fourth-order valence-electron chi connectivity index (χ4n) is 3.27. The van der Waals surface area contributed by atoms with Crippen LogP contribution in [0.5, 0.6) is 11.5 Å². The van der Waals surface area contributed by atoms with E-state index >= 15 is 4.39 Å². The van der Waals surface area contributed by atoms with Crippen molar-refractivity contribution in [1.29, 1.82) is 0 Å². The van der Waals surface area contributed by atoms with Gasteiger partial charge in [0.2, 0.25) is 0 Å². The highest BCUT2D eigenvalue weighted by Gasteiger charge is 2.21. The standard InChI is InChI=1S/C27H31FN2O3/c1-27(2,29)16-9-17-30-26(31)22-14-15-23(32-18-20-10-5-3-6-11-20)25(24(22)28)33-19-21-12-7-4-8-13-21/h3-8,10-15H,9,16-19,29H2,1-2H3,(H,30,31). The average Bonchev–Trinajstić information content (AvgIpc) is 2.80. The highest BCUT2D eigenvalue weighted by molar-refractivity contribution is 5.95. The summed E-state index contributed by atoms with van der Waals surface area (Å²) < 4.78 is 27.1. The van der Waals surface area contributed by atoms with E-state index in [1.54, 1.807) is 6.07 Å². The van der Waals surface area contributed by atoms with Crippen LogP contribution in [0.2, 0.25) is 0 Å². The molecule has 3 aromatic rings. The lowest BCUT2D eigenvalue weighted by Crippen LogP contribution is -2.33. The Morgan fingerprint density at radius 1 is 0.909 bits per heavy atom. The van der Waals surface area contributed by atoms with E-state index in [9.17, 15) is 4.79 Å². The third-order valence-corrected chi connectivity index (χ3v) is 5.05. The summed E-state index contributed by atoms with van der Waals surface area (Å²) in [6.07, 6.45) is 1.44. The topological polar surface area (TPSA) is 73.6 Å². The number of nitrogens with one attached hydrogen (secondary N) is 1. The molecule has 0 aliphatic rings. The third-order valence-electron chi connectivity index (χ3n) is 5.05. The number of hydrogen-bond acceptors (Lipinski definition) is 4. The van der Waals surface area contributed by atoms with Gasteiger partial charge in [0.05, 0.1) is 5.56 Å². The van der Waals surface area contributed by atoms with Crippen LogP contribution < -0.4 is 20.5 Å². The number of ether oxygens (including phenoxy) is 2. The number of hydrogen-bond donors (Lipinski definition) is 2. The van der Waals surface area contributed by atoms with Gasteiger partial charge in [-0.15, -0.1) is 0 Å². The number of benzene rings is 3. The Hall–Kier alpha value is -3.38. The van der Waals surface area contributed by atoms with Crippen LogP contribution in [0.3, 0.4) is 0 Å². The molecule has 0 unspecified atom stereocenters. The minimum absolute atomic E-state index is 0.0782. The van der Waals surface area contributed by atoms with Gasteiger partial charge in [0.25, 0.3) is 5.91 Å². The van der Waals surface area contributed by atoms with Gasteiger partial charge in [-0.25, -0.2) is 4.39 Å². The fourth-order valence-corrected chi connectivity index (χ4v) is 3.27. The molecule has 0 saturated carbocycles. The third kappa shape index (κ3) is 7.61. The molecule has 3 N–H and O–H groups in total. The van der Waals surface area contributed by atoms with Crippen molar-refractivity contribution in [2.45, 2.75) is 45.4 Å². The molecule has 0 bridgehead atoms. The summed E-state index contributed by atoms with van der Waals surface area (Å²) in [5.41, 5.74) is 7.39. The molecule has 5 nitrogen and oxygen atoms in total.